The average molecular weight is 124 g/mol. The van der Waals surface area contributed by atoms with Crippen molar-refractivity contribution in [2.45, 2.75) is 45.6 Å². The molecule has 52 valence electrons. The Bertz CT molecular complexity index is 56.4. The molecule has 0 aromatic heterocycles. The van der Waals surface area contributed by atoms with Crippen LogP contribution in [0.15, 0.2) is 0 Å². The van der Waals surface area contributed by atoms with Gasteiger partial charge in [-0.25, -0.2) is 0 Å². The molecule has 0 bridgehead atoms. The molecule has 0 spiro atoms. The van der Waals surface area contributed by atoms with E-state index in [1.54, 1.807) is 0 Å². The van der Waals surface area contributed by atoms with Gasteiger partial charge in [0.15, 0.2) is 0 Å². The molecule has 0 aliphatic rings. The molecule has 1 nitrogen and oxygen atoms in total. The van der Waals surface area contributed by atoms with E-state index < -0.39 is 5.60 Å². The molecule has 9 heavy (non-hydrogen) atoms. The van der Waals surface area contributed by atoms with E-state index in [1.165, 1.54) is 6.42 Å². The van der Waals surface area contributed by atoms with Crippen molar-refractivity contribution in [2.24, 2.45) is 0 Å². The minimum atomic E-state index is -0.448. The topological polar surface area (TPSA) is 20.2 Å². The molecular weight excluding hydrogens is 107 g/mol. The van der Waals surface area contributed by atoms with Gasteiger partial charge in [0, 0.05) is 0 Å². The van der Waals surface area contributed by atoms with Crippen LogP contribution < -0.4 is 0 Å². The van der Waals surface area contributed by atoms with Crippen LogP contribution in [0.5, 0.6) is 0 Å². The molecule has 0 rings (SSSR count). The summed E-state index contributed by atoms with van der Waals surface area (Å²) in [5.41, 5.74) is -0.448. The molecule has 0 radical (unpaired) electrons. The van der Waals surface area contributed by atoms with E-state index >= 15 is 0 Å². The number of rotatable bonds is 3. The third kappa shape index (κ3) is 11.9. The van der Waals surface area contributed by atoms with Crippen LogP contribution in [0.4, 0.5) is 0 Å². The van der Waals surface area contributed by atoms with E-state index in [0.717, 1.165) is 12.8 Å². The Morgan fingerprint density at radius 2 is 1.78 bits per heavy atom. The van der Waals surface area contributed by atoms with Gasteiger partial charge in [0.25, 0.3) is 0 Å². The second kappa shape index (κ2) is 5.35. The molecule has 0 aromatic carbocycles. The van der Waals surface area contributed by atoms with E-state index in [1.807, 2.05) is 13.8 Å². The number of unbranched alkanes of at least 4 members (excludes halogenated alkanes) is 1. The fourth-order valence-corrected chi connectivity index (χ4v) is 0.609. The van der Waals surface area contributed by atoms with Gasteiger partial charge >= 0.3 is 18.9 Å². The van der Waals surface area contributed by atoms with Crippen LogP contribution >= 0.6 is 0 Å². The summed E-state index contributed by atoms with van der Waals surface area (Å²) in [5, 5.41) is 9.15. The molecule has 0 aliphatic carbocycles. The van der Waals surface area contributed by atoms with Gasteiger partial charge in [-0.3, -0.25) is 0 Å². The number of hydrogen-bond donors (Lipinski definition) is 1. The molecule has 0 amide bonds. The van der Waals surface area contributed by atoms with Crippen LogP contribution in [0.3, 0.4) is 0 Å². The summed E-state index contributed by atoms with van der Waals surface area (Å²) in [6.45, 7) is 5.83. The van der Waals surface area contributed by atoms with E-state index in [9.17, 15) is 0 Å². The van der Waals surface area contributed by atoms with Crippen molar-refractivity contribution in [2.75, 3.05) is 0 Å². The second-order valence-electron chi connectivity index (χ2n) is 2.92. The predicted molar refractivity (Wildman–Crippen MR) is 43.0 cm³/mol. The summed E-state index contributed by atoms with van der Waals surface area (Å²) in [4.78, 5) is 0. The molecule has 0 saturated carbocycles. The van der Waals surface area contributed by atoms with Crippen LogP contribution in [0.1, 0.15) is 40.0 Å². The van der Waals surface area contributed by atoms with Crippen molar-refractivity contribution in [3.63, 3.8) is 0 Å². The van der Waals surface area contributed by atoms with Crippen molar-refractivity contribution >= 4 is 18.9 Å². The Morgan fingerprint density at radius 1 is 1.33 bits per heavy atom. The number of aliphatic hydroxyl groups is 1. The third-order valence-electron chi connectivity index (χ3n) is 1.14. The number of hydrogen-bond acceptors (Lipinski definition) is 1. The first kappa shape index (κ1) is 12.3. The average Bonchev–Trinajstić information content (AvgIpc) is 1.59. The van der Waals surface area contributed by atoms with Gasteiger partial charge in [-0.1, -0.05) is 19.8 Å². The van der Waals surface area contributed by atoms with E-state index in [2.05, 4.69) is 6.92 Å². The Labute approximate surface area is 70.0 Å². The SMILES string of the molecule is CCCCC(C)(C)O.[LiH]. The fraction of sp³-hybridized carbons (Fsp3) is 1.00. The van der Waals surface area contributed by atoms with E-state index in [-0.39, 0.29) is 18.9 Å². The maximum absolute atomic E-state index is 9.15. The molecule has 0 saturated heterocycles. The van der Waals surface area contributed by atoms with Gasteiger partial charge in [0.05, 0.1) is 5.60 Å². The van der Waals surface area contributed by atoms with Crippen LogP contribution in [0.2, 0.25) is 0 Å². The molecule has 0 atom stereocenters. The molecule has 1 N–H and O–H groups in total. The molecule has 2 heteroatoms. The van der Waals surface area contributed by atoms with Crippen LogP contribution in [0.25, 0.3) is 0 Å². The van der Waals surface area contributed by atoms with Crippen LogP contribution in [0, 0.1) is 0 Å². The summed E-state index contributed by atoms with van der Waals surface area (Å²) in [5.74, 6) is 0. The van der Waals surface area contributed by atoms with Gasteiger partial charge in [-0.15, -0.1) is 0 Å². The second-order valence-corrected chi connectivity index (χ2v) is 2.92. The summed E-state index contributed by atoms with van der Waals surface area (Å²) < 4.78 is 0. The first-order valence-corrected chi connectivity index (χ1v) is 3.28. The van der Waals surface area contributed by atoms with E-state index in [4.69, 9.17) is 5.11 Å². The van der Waals surface area contributed by atoms with Gasteiger partial charge in [-0.05, 0) is 20.3 Å². The predicted octanol–water partition coefficient (Wildman–Crippen LogP) is 1.30. The molecule has 0 heterocycles. The van der Waals surface area contributed by atoms with Gasteiger partial charge in [0.1, 0.15) is 0 Å². The summed E-state index contributed by atoms with van der Waals surface area (Å²) in [7, 11) is 0. The summed E-state index contributed by atoms with van der Waals surface area (Å²) in [6, 6.07) is 0. The van der Waals surface area contributed by atoms with Crippen molar-refractivity contribution in [1.29, 1.82) is 0 Å². The zero-order chi connectivity index (χ0) is 6.62. The third-order valence-corrected chi connectivity index (χ3v) is 1.14. The molecule has 0 aliphatic heterocycles. The normalized spacial score (nSPS) is 10.7. The zero-order valence-electron chi connectivity index (χ0n) is 6.07. The van der Waals surface area contributed by atoms with Crippen molar-refractivity contribution < 1.29 is 5.11 Å². The minimum absolute atomic E-state index is 0. The first-order chi connectivity index (χ1) is 3.56. The fourth-order valence-electron chi connectivity index (χ4n) is 0.609. The first-order valence-electron chi connectivity index (χ1n) is 3.28. The Balaban J connectivity index is 0. The van der Waals surface area contributed by atoms with Gasteiger partial charge < -0.3 is 5.11 Å². The van der Waals surface area contributed by atoms with Crippen LogP contribution in [-0.2, 0) is 0 Å². The van der Waals surface area contributed by atoms with Crippen molar-refractivity contribution in [3.8, 4) is 0 Å². The standard InChI is InChI=1S/C7H16O.Li.H/c1-4-5-6-7(2,3)8;;/h8H,4-6H2,1-3H3;;. The zero-order valence-corrected chi connectivity index (χ0v) is 6.07. The van der Waals surface area contributed by atoms with Gasteiger partial charge in [0.2, 0.25) is 0 Å². The molecule has 0 unspecified atom stereocenters. The summed E-state index contributed by atoms with van der Waals surface area (Å²) >= 11 is 0. The molecular formula is C7H17LiO. The summed E-state index contributed by atoms with van der Waals surface area (Å²) in [6.07, 6.45) is 3.22. The van der Waals surface area contributed by atoms with E-state index in [0.29, 0.717) is 0 Å². The Kier molecular flexibility index (Phi) is 7.29. The van der Waals surface area contributed by atoms with Crippen LogP contribution in [-0.4, -0.2) is 29.6 Å². The van der Waals surface area contributed by atoms with Crippen molar-refractivity contribution in [3.05, 3.63) is 0 Å². The quantitative estimate of drug-likeness (QED) is 0.562. The molecule has 0 aromatic rings. The van der Waals surface area contributed by atoms with Crippen molar-refractivity contribution in [1.82, 2.24) is 0 Å². The monoisotopic (exact) mass is 124 g/mol. The van der Waals surface area contributed by atoms with Gasteiger partial charge in [-0.2, -0.15) is 0 Å². The maximum atomic E-state index is 9.15. The Morgan fingerprint density at radius 3 is 1.89 bits per heavy atom. The Hall–Kier alpha value is 0.557. The molecule has 0 fully saturated rings.